The molecule has 20 heavy (non-hydrogen) atoms. The molecule has 0 aliphatic rings. The number of imidazole rings is 1. The lowest BCUT2D eigenvalue weighted by atomic mass is 10.1. The highest BCUT2D eigenvalue weighted by Crippen LogP contribution is 2.28. The maximum absolute atomic E-state index is 5.99. The molecule has 0 aliphatic heterocycles. The Morgan fingerprint density at radius 1 is 1.35 bits per heavy atom. The van der Waals surface area contributed by atoms with Gasteiger partial charge in [0.25, 0.3) is 0 Å². The van der Waals surface area contributed by atoms with Crippen LogP contribution in [0.5, 0.6) is 5.75 Å². The van der Waals surface area contributed by atoms with Gasteiger partial charge in [-0.1, -0.05) is 15.9 Å². The highest BCUT2D eigenvalue weighted by Gasteiger charge is 2.11. The normalized spacial score (nSPS) is 12.7. The second-order valence-corrected chi connectivity index (χ2v) is 6.06. The monoisotopic (exact) mass is 337 g/mol. The lowest BCUT2D eigenvalue weighted by molar-refractivity contribution is 0.288. The molecular formula is C15H20BrN3O. The molecule has 1 heterocycles. The molecule has 0 saturated carbocycles. The number of benzene rings is 1. The molecule has 0 amide bonds. The summed E-state index contributed by atoms with van der Waals surface area (Å²) in [5.41, 5.74) is 8.04. The minimum absolute atomic E-state index is 0.0718. The topological polar surface area (TPSA) is 53.1 Å². The van der Waals surface area contributed by atoms with E-state index in [1.54, 1.807) is 0 Å². The summed E-state index contributed by atoms with van der Waals surface area (Å²) in [7, 11) is 0. The highest BCUT2D eigenvalue weighted by molar-refractivity contribution is 9.10. The van der Waals surface area contributed by atoms with E-state index >= 15 is 0 Å². The zero-order chi connectivity index (χ0) is 14.7. The molecular weight excluding hydrogens is 318 g/mol. The van der Waals surface area contributed by atoms with E-state index in [9.17, 15) is 0 Å². The van der Waals surface area contributed by atoms with Crippen LogP contribution in [0.2, 0.25) is 0 Å². The summed E-state index contributed by atoms with van der Waals surface area (Å²) in [5, 5.41) is 0. The molecule has 0 fully saturated rings. The van der Waals surface area contributed by atoms with Crippen molar-refractivity contribution in [2.45, 2.75) is 39.5 Å². The van der Waals surface area contributed by atoms with Gasteiger partial charge in [-0.3, -0.25) is 0 Å². The Balaban J connectivity index is 2.17. The first-order chi connectivity index (χ1) is 9.49. The van der Waals surface area contributed by atoms with Crippen LogP contribution >= 0.6 is 15.9 Å². The molecule has 2 N–H and O–H groups in total. The smallest absolute Gasteiger partial charge is 0.130 e. The van der Waals surface area contributed by atoms with Gasteiger partial charge in [-0.05, 0) is 39.0 Å². The number of nitrogens with zero attached hydrogens (tertiary/aromatic N) is 2. The number of hydrogen-bond donors (Lipinski definition) is 1. The first-order valence-corrected chi connectivity index (χ1v) is 7.47. The van der Waals surface area contributed by atoms with Crippen molar-refractivity contribution in [3.63, 3.8) is 0 Å². The molecule has 2 aromatic rings. The van der Waals surface area contributed by atoms with Crippen molar-refractivity contribution in [1.82, 2.24) is 9.55 Å². The summed E-state index contributed by atoms with van der Waals surface area (Å²) in [4.78, 5) is 4.18. The Labute approximate surface area is 128 Å². The van der Waals surface area contributed by atoms with Crippen molar-refractivity contribution < 1.29 is 4.74 Å². The van der Waals surface area contributed by atoms with E-state index in [4.69, 9.17) is 10.5 Å². The summed E-state index contributed by atoms with van der Waals surface area (Å²) in [6.45, 7) is 6.68. The SMILES string of the molecule is CC(C)n1cncc1COc1ccc(Br)cc1[C@@H](C)N. The van der Waals surface area contributed by atoms with Crippen LogP contribution in [0, 0.1) is 0 Å². The Hall–Kier alpha value is -1.33. The number of ether oxygens (including phenoxy) is 1. The van der Waals surface area contributed by atoms with Gasteiger partial charge >= 0.3 is 0 Å². The Kier molecular flexibility index (Phi) is 4.83. The summed E-state index contributed by atoms with van der Waals surface area (Å²) >= 11 is 3.46. The fourth-order valence-electron chi connectivity index (χ4n) is 2.07. The van der Waals surface area contributed by atoms with Gasteiger partial charge in [0.2, 0.25) is 0 Å². The zero-order valence-electron chi connectivity index (χ0n) is 12.0. The average Bonchev–Trinajstić information content (AvgIpc) is 2.85. The first kappa shape index (κ1) is 15.1. The maximum atomic E-state index is 5.99. The van der Waals surface area contributed by atoms with Gasteiger partial charge in [0.15, 0.2) is 0 Å². The first-order valence-electron chi connectivity index (χ1n) is 6.67. The zero-order valence-corrected chi connectivity index (χ0v) is 13.6. The van der Waals surface area contributed by atoms with Gasteiger partial charge in [0.05, 0.1) is 18.2 Å². The van der Waals surface area contributed by atoms with Crippen LogP contribution in [0.3, 0.4) is 0 Å². The summed E-state index contributed by atoms with van der Waals surface area (Å²) < 4.78 is 9.03. The molecule has 0 aliphatic carbocycles. The van der Waals surface area contributed by atoms with Crippen LogP contribution in [0.15, 0.2) is 35.2 Å². The quantitative estimate of drug-likeness (QED) is 0.902. The van der Waals surface area contributed by atoms with Crippen LogP contribution in [0.4, 0.5) is 0 Å². The fourth-order valence-corrected chi connectivity index (χ4v) is 2.45. The van der Waals surface area contributed by atoms with Crippen molar-refractivity contribution in [2.75, 3.05) is 0 Å². The summed E-state index contributed by atoms with van der Waals surface area (Å²) in [5.74, 6) is 0.819. The lowest BCUT2D eigenvalue weighted by Crippen LogP contribution is -2.10. The average molecular weight is 338 g/mol. The van der Waals surface area contributed by atoms with Crippen molar-refractivity contribution in [1.29, 1.82) is 0 Å². The van der Waals surface area contributed by atoms with Crippen molar-refractivity contribution in [2.24, 2.45) is 5.73 Å². The standard InChI is InChI=1S/C15H20BrN3O/c1-10(2)19-9-18-7-13(19)8-20-15-5-4-12(16)6-14(15)11(3)17/h4-7,9-11H,8,17H2,1-3H3/t11-/m1/s1. The second kappa shape index (κ2) is 6.41. The van der Waals surface area contributed by atoms with E-state index in [-0.39, 0.29) is 6.04 Å². The highest BCUT2D eigenvalue weighted by atomic mass is 79.9. The second-order valence-electron chi connectivity index (χ2n) is 5.15. The number of hydrogen-bond acceptors (Lipinski definition) is 3. The molecule has 2 rings (SSSR count). The van der Waals surface area contributed by atoms with E-state index in [2.05, 4.69) is 39.3 Å². The molecule has 1 atom stereocenters. The van der Waals surface area contributed by atoms with Crippen molar-refractivity contribution in [3.8, 4) is 5.75 Å². The number of halogens is 1. The van der Waals surface area contributed by atoms with Crippen molar-refractivity contribution >= 4 is 15.9 Å². The molecule has 1 aromatic carbocycles. The predicted octanol–water partition coefficient (Wildman–Crippen LogP) is 3.83. The molecule has 0 bridgehead atoms. The molecule has 0 saturated heterocycles. The van der Waals surface area contributed by atoms with Crippen LogP contribution in [0.1, 0.15) is 44.1 Å². The maximum Gasteiger partial charge on any atom is 0.130 e. The van der Waals surface area contributed by atoms with Crippen LogP contribution in [-0.4, -0.2) is 9.55 Å². The molecule has 4 nitrogen and oxygen atoms in total. The minimum Gasteiger partial charge on any atom is -0.487 e. The summed E-state index contributed by atoms with van der Waals surface area (Å²) in [6.07, 6.45) is 3.67. The number of aromatic nitrogens is 2. The van der Waals surface area contributed by atoms with Gasteiger partial charge in [0, 0.05) is 22.1 Å². The van der Waals surface area contributed by atoms with E-state index in [1.165, 1.54) is 0 Å². The molecule has 0 unspecified atom stereocenters. The Morgan fingerprint density at radius 2 is 2.10 bits per heavy atom. The van der Waals surface area contributed by atoms with Crippen LogP contribution in [0.25, 0.3) is 0 Å². The van der Waals surface area contributed by atoms with Crippen LogP contribution < -0.4 is 10.5 Å². The van der Waals surface area contributed by atoms with Gasteiger partial charge in [-0.2, -0.15) is 0 Å². The van der Waals surface area contributed by atoms with E-state index in [0.29, 0.717) is 12.6 Å². The molecule has 0 radical (unpaired) electrons. The lowest BCUT2D eigenvalue weighted by Gasteiger charge is -2.16. The summed E-state index contributed by atoms with van der Waals surface area (Å²) in [6, 6.07) is 6.20. The van der Waals surface area contributed by atoms with Gasteiger partial charge in [0.1, 0.15) is 12.4 Å². The Morgan fingerprint density at radius 3 is 2.75 bits per heavy atom. The van der Waals surface area contributed by atoms with Crippen LogP contribution in [-0.2, 0) is 6.61 Å². The number of rotatable bonds is 5. The number of nitrogens with two attached hydrogens (primary N) is 1. The van der Waals surface area contributed by atoms with Gasteiger partial charge < -0.3 is 15.0 Å². The van der Waals surface area contributed by atoms with Gasteiger partial charge in [-0.25, -0.2) is 4.98 Å². The minimum atomic E-state index is -0.0718. The molecule has 108 valence electrons. The molecule has 1 aromatic heterocycles. The predicted molar refractivity (Wildman–Crippen MR) is 83.7 cm³/mol. The fraction of sp³-hybridized carbons (Fsp3) is 0.400. The third-order valence-corrected chi connectivity index (χ3v) is 3.63. The van der Waals surface area contributed by atoms with E-state index in [0.717, 1.165) is 21.5 Å². The third-order valence-electron chi connectivity index (χ3n) is 3.14. The van der Waals surface area contributed by atoms with Gasteiger partial charge in [-0.15, -0.1) is 0 Å². The molecule has 5 heteroatoms. The molecule has 0 spiro atoms. The van der Waals surface area contributed by atoms with Crippen molar-refractivity contribution in [3.05, 3.63) is 46.5 Å². The third kappa shape index (κ3) is 3.41. The van der Waals surface area contributed by atoms with E-state index < -0.39 is 0 Å². The Bertz CT molecular complexity index is 578. The van der Waals surface area contributed by atoms with E-state index in [1.807, 2.05) is 37.6 Å². The largest absolute Gasteiger partial charge is 0.487 e.